The van der Waals surface area contributed by atoms with Gasteiger partial charge in [-0.15, -0.1) is 0 Å². The predicted octanol–water partition coefficient (Wildman–Crippen LogP) is 3.82. The van der Waals surface area contributed by atoms with E-state index in [4.69, 9.17) is 27.1 Å². The molecule has 1 aromatic heterocycles. The molecule has 188 valence electrons. The number of anilines is 1. The summed E-state index contributed by atoms with van der Waals surface area (Å²) in [7, 11) is -4.73. The largest absolute Gasteiger partial charge is 0.469 e. The molecular formula is C21H23ClFN4O6PS. The van der Waals surface area contributed by atoms with Gasteiger partial charge in [0.05, 0.1) is 18.2 Å². The number of thioether (sulfide) groups is 1. The Bertz CT molecular complexity index is 1210. The summed E-state index contributed by atoms with van der Waals surface area (Å²) in [6, 6.07) is 3.95. The minimum absolute atomic E-state index is 0.00294. The first-order valence-electron chi connectivity index (χ1n) is 9.94. The molecule has 4 N–H and O–H groups in total. The van der Waals surface area contributed by atoms with E-state index in [2.05, 4.69) is 14.5 Å². The van der Waals surface area contributed by atoms with Gasteiger partial charge in [0.2, 0.25) is 11.5 Å². The van der Waals surface area contributed by atoms with Crippen molar-refractivity contribution in [3.63, 3.8) is 0 Å². The first-order chi connectivity index (χ1) is 16.4. The van der Waals surface area contributed by atoms with Gasteiger partial charge in [-0.2, -0.15) is 0 Å². The molecule has 35 heavy (non-hydrogen) atoms. The van der Waals surface area contributed by atoms with Crippen LogP contribution in [0.15, 0.2) is 41.1 Å². The summed E-state index contributed by atoms with van der Waals surface area (Å²) >= 11 is 6.49. The topological polar surface area (TPSA) is 156 Å². The molecule has 0 aliphatic carbocycles. The fraction of sp³-hybridized carbons (Fsp3) is 0.238. The number of hydrogen-bond donors (Lipinski definition) is 3. The molecule has 0 radical (unpaired) electrons. The number of hydrogen-bond acceptors (Lipinski definition) is 8. The van der Waals surface area contributed by atoms with Gasteiger partial charge in [0.25, 0.3) is 0 Å². The van der Waals surface area contributed by atoms with Crippen LogP contribution in [0, 0.1) is 12.7 Å². The number of carbonyl (C=O) groups is 2. The van der Waals surface area contributed by atoms with Crippen molar-refractivity contribution < 1.29 is 32.9 Å². The van der Waals surface area contributed by atoms with Crippen LogP contribution >= 0.6 is 31.2 Å². The molecule has 0 saturated carbocycles. The summed E-state index contributed by atoms with van der Waals surface area (Å²) in [5.41, 5.74) is 7.20. The highest BCUT2D eigenvalue weighted by atomic mass is 35.5. The zero-order valence-electron chi connectivity index (χ0n) is 18.7. The van der Waals surface area contributed by atoms with Gasteiger partial charge < -0.3 is 20.4 Å². The first kappa shape index (κ1) is 28.6. The number of nitrogen functional groups attached to an aromatic ring is 1. The fourth-order valence-corrected chi connectivity index (χ4v) is 4.06. The van der Waals surface area contributed by atoms with Crippen LogP contribution in [0.3, 0.4) is 0 Å². The van der Waals surface area contributed by atoms with Crippen LogP contribution in [-0.2, 0) is 25.2 Å². The standard InChI is InChI=1S/C21H23ClFN4O6PS/c1-13(27(12-28)11-16-10-25-14(2)26-21(16)24)19(7-8-33-34(30,31)32)35-20(29)6-4-15-3-5-18(23)17(22)9-15/h3-6,9-10,12H,7-8,11H2,1-2H3,(H2,24,25,26)(H2,30,31,32)/b6-4+,19-13-. The number of amides is 1. The molecule has 0 aliphatic rings. The number of benzene rings is 1. The van der Waals surface area contributed by atoms with E-state index in [1.54, 1.807) is 13.8 Å². The average Bonchev–Trinajstić information content (AvgIpc) is 2.77. The molecule has 0 atom stereocenters. The predicted molar refractivity (Wildman–Crippen MR) is 131 cm³/mol. The summed E-state index contributed by atoms with van der Waals surface area (Å²) < 4.78 is 28.9. The first-order valence-corrected chi connectivity index (χ1v) is 12.7. The van der Waals surface area contributed by atoms with Crippen LogP contribution in [0.2, 0.25) is 5.02 Å². The van der Waals surface area contributed by atoms with Crippen LogP contribution in [0.25, 0.3) is 6.08 Å². The van der Waals surface area contributed by atoms with Crippen molar-refractivity contribution in [1.82, 2.24) is 14.9 Å². The molecule has 0 unspecified atom stereocenters. The molecule has 14 heteroatoms. The summed E-state index contributed by atoms with van der Waals surface area (Å²) in [5.74, 6) is 0.0546. The van der Waals surface area contributed by atoms with Crippen LogP contribution in [-0.4, -0.2) is 42.8 Å². The molecule has 0 saturated heterocycles. The number of nitrogens with two attached hydrogens (primary N) is 1. The van der Waals surface area contributed by atoms with Crippen molar-refractivity contribution in [2.75, 3.05) is 12.3 Å². The number of phosphoric ester groups is 1. The molecule has 10 nitrogen and oxygen atoms in total. The van der Waals surface area contributed by atoms with Gasteiger partial charge in [-0.1, -0.05) is 23.7 Å². The number of aromatic nitrogens is 2. The second-order valence-corrected chi connectivity index (χ2v) is 9.82. The van der Waals surface area contributed by atoms with E-state index in [0.717, 1.165) is 17.8 Å². The van der Waals surface area contributed by atoms with E-state index in [-0.39, 0.29) is 23.8 Å². The molecule has 2 rings (SSSR count). The third-order valence-corrected chi connectivity index (χ3v) is 6.38. The Labute approximate surface area is 210 Å². The van der Waals surface area contributed by atoms with E-state index in [0.29, 0.717) is 34.0 Å². The number of phosphoric acid groups is 1. The Morgan fingerprint density at radius 3 is 2.71 bits per heavy atom. The number of allylic oxidation sites excluding steroid dienone is 1. The van der Waals surface area contributed by atoms with E-state index >= 15 is 0 Å². The van der Waals surface area contributed by atoms with Crippen molar-refractivity contribution >= 4 is 54.6 Å². The third-order valence-electron chi connectivity index (χ3n) is 4.49. The van der Waals surface area contributed by atoms with Crippen LogP contribution in [0.5, 0.6) is 0 Å². The maximum absolute atomic E-state index is 13.3. The van der Waals surface area contributed by atoms with Gasteiger partial charge in [-0.25, -0.2) is 18.9 Å². The molecule has 1 aromatic carbocycles. The van der Waals surface area contributed by atoms with Gasteiger partial charge in [-0.3, -0.25) is 14.1 Å². The maximum Gasteiger partial charge on any atom is 0.469 e. The molecule has 0 bridgehead atoms. The highest BCUT2D eigenvalue weighted by molar-refractivity contribution is 8.17. The van der Waals surface area contributed by atoms with Gasteiger partial charge in [-0.05, 0) is 49.4 Å². The fourth-order valence-electron chi connectivity index (χ4n) is 2.71. The van der Waals surface area contributed by atoms with Gasteiger partial charge in [0.1, 0.15) is 17.5 Å². The number of aryl methyl sites for hydroxylation is 1. The van der Waals surface area contributed by atoms with Crippen molar-refractivity contribution in [3.05, 3.63) is 68.9 Å². The third kappa shape index (κ3) is 9.52. The Morgan fingerprint density at radius 2 is 2.11 bits per heavy atom. The highest BCUT2D eigenvalue weighted by Crippen LogP contribution is 2.37. The normalized spacial score (nSPS) is 12.5. The maximum atomic E-state index is 13.3. The second kappa shape index (κ2) is 12.9. The average molecular weight is 545 g/mol. The molecule has 0 aliphatic heterocycles. The van der Waals surface area contributed by atoms with Crippen molar-refractivity contribution in [2.45, 2.75) is 26.8 Å². The van der Waals surface area contributed by atoms with Crippen LogP contribution in [0.4, 0.5) is 10.2 Å². The number of carbonyl (C=O) groups excluding carboxylic acids is 2. The molecular weight excluding hydrogens is 522 g/mol. The second-order valence-electron chi connectivity index (χ2n) is 7.07. The van der Waals surface area contributed by atoms with Crippen LogP contribution in [0.1, 0.15) is 30.3 Å². The monoisotopic (exact) mass is 544 g/mol. The van der Waals surface area contributed by atoms with E-state index in [9.17, 15) is 18.5 Å². The van der Waals surface area contributed by atoms with Crippen molar-refractivity contribution in [3.8, 4) is 0 Å². The molecule has 1 amide bonds. The van der Waals surface area contributed by atoms with Crippen molar-refractivity contribution in [1.29, 1.82) is 0 Å². The van der Waals surface area contributed by atoms with E-state index in [1.807, 2.05) is 0 Å². The van der Waals surface area contributed by atoms with Gasteiger partial charge in [0, 0.05) is 28.8 Å². The minimum Gasteiger partial charge on any atom is -0.383 e. The molecule has 1 heterocycles. The van der Waals surface area contributed by atoms with E-state index < -0.39 is 25.4 Å². The Morgan fingerprint density at radius 1 is 1.40 bits per heavy atom. The Hall–Kier alpha value is -2.60. The number of halogens is 2. The van der Waals surface area contributed by atoms with Gasteiger partial charge >= 0.3 is 7.82 Å². The summed E-state index contributed by atoms with van der Waals surface area (Å²) in [4.78, 5) is 52.1. The quantitative estimate of drug-likeness (QED) is 0.216. The summed E-state index contributed by atoms with van der Waals surface area (Å²) in [6.07, 6.45) is 4.59. The van der Waals surface area contributed by atoms with Gasteiger partial charge in [0.15, 0.2) is 0 Å². The molecule has 2 aromatic rings. The van der Waals surface area contributed by atoms with E-state index in [1.165, 1.54) is 35.4 Å². The lowest BCUT2D eigenvalue weighted by Crippen LogP contribution is -2.22. The number of rotatable bonds is 11. The molecule has 0 spiro atoms. The highest BCUT2D eigenvalue weighted by Gasteiger charge is 2.19. The zero-order valence-corrected chi connectivity index (χ0v) is 21.2. The van der Waals surface area contributed by atoms with Crippen LogP contribution < -0.4 is 5.73 Å². The van der Waals surface area contributed by atoms with Crippen molar-refractivity contribution in [2.24, 2.45) is 0 Å². The zero-order chi connectivity index (χ0) is 26.2. The summed E-state index contributed by atoms with van der Waals surface area (Å²) in [6.45, 7) is 2.83. The Balaban J connectivity index is 2.27. The Kier molecular flexibility index (Phi) is 10.6. The lowest BCUT2D eigenvalue weighted by atomic mass is 10.2. The SMILES string of the molecule is C/C(=C(\CCOP(=O)(O)O)SC(=O)/C=C/c1ccc(F)c(Cl)c1)N(C=O)Cc1cnc(C)nc1N. The summed E-state index contributed by atoms with van der Waals surface area (Å²) in [5, 5.41) is -0.556. The molecule has 0 fully saturated rings. The lowest BCUT2D eigenvalue weighted by molar-refractivity contribution is -0.117. The lowest BCUT2D eigenvalue weighted by Gasteiger charge is -2.22. The smallest absolute Gasteiger partial charge is 0.383 e. The minimum atomic E-state index is -4.73. The number of nitrogens with zero attached hydrogens (tertiary/aromatic N) is 3.